The molecule has 16 heteroatoms. The SMILES string of the molecule is Cc1ccc(COCc2ccsc2)c(N2C(=O)CS/C2=N\C(=O)Nc2ccc(-c3ncn(-c4ccc(OC(F)(F)F)cc4)n3)cc2F)c1. The summed E-state index contributed by atoms with van der Waals surface area (Å²) in [6.07, 6.45) is -3.49. The van der Waals surface area contributed by atoms with Crippen molar-refractivity contribution >= 4 is 51.6 Å². The van der Waals surface area contributed by atoms with Gasteiger partial charge in [-0.25, -0.2) is 18.9 Å². The molecule has 0 aliphatic carbocycles. The van der Waals surface area contributed by atoms with E-state index < -0.39 is 24.0 Å². The van der Waals surface area contributed by atoms with Crippen LogP contribution in [0, 0.1) is 12.7 Å². The van der Waals surface area contributed by atoms with Gasteiger partial charge in [-0.15, -0.1) is 18.3 Å². The Morgan fingerprint density at radius 2 is 1.88 bits per heavy atom. The van der Waals surface area contributed by atoms with Crippen LogP contribution in [-0.4, -0.2) is 44.0 Å². The lowest BCUT2D eigenvalue weighted by atomic mass is 10.1. The molecule has 1 aliphatic rings. The lowest BCUT2D eigenvalue weighted by Crippen LogP contribution is -2.31. The number of carbonyl (C=O) groups excluding carboxylic acids is 2. The van der Waals surface area contributed by atoms with Crippen LogP contribution < -0.4 is 15.0 Å². The molecule has 0 radical (unpaired) electrons. The normalized spacial score (nSPS) is 14.1. The first-order valence-electron chi connectivity index (χ1n) is 14.1. The van der Waals surface area contributed by atoms with Crippen LogP contribution >= 0.6 is 23.1 Å². The summed E-state index contributed by atoms with van der Waals surface area (Å²) in [7, 11) is 0. The summed E-state index contributed by atoms with van der Waals surface area (Å²) in [6, 6.07) is 15.6. The Bertz CT molecular complexity index is 1980. The fourth-order valence-corrected chi connectivity index (χ4v) is 6.16. The molecule has 2 aromatic heterocycles. The molecule has 5 aromatic rings. The number of hydrogen-bond donors (Lipinski definition) is 1. The fourth-order valence-electron chi connectivity index (χ4n) is 4.65. The number of urea groups is 1. The van der Waals surface area contributed by atoms with Gasteiger partial charge in [-0.05, 0) is 83.4 Å². The fraction of sp³-hybridized carbons (Fsp3) is 0.156. The molecule has 1 aliphatic heterocycles. The summed E-state index contributed by atoms with van der Waals surface area (Å²) in [5.41, 5.74) is 3.75. The lowest BCUT2D eigenvalue weighted by molar-refractivity contribution is -0.274. The van der Waals surface area contributed by atoms with E-state index in [1.165, 1.54) is 40.2 Å². The van der Waals surface area contributed by atoms with Crippen molar-refractivity contribution in [1.82, 2.24) is 14.8 Å². The van der Waals surface area contributed by atoms with Gasteiger partial charge in [-0.1, -0.05) is 23.9 Å². The van der Waals surface area contributed by atoms with Gasteiger partial charge in [0.1, 0.15) is 17.9 Å². The number of aryl methyl sites for hydroxylation is 1. The predicted octanol–water partition coefficient (Wildman–Crippen LogP) is 7.73. The van der Waals surface area contributed by atoms with Crippen LogP contribution in [0.25, 0.3) is 17.1 Å². The highest BCUT2D eigenvalue weighted by Gasteiger charge is 2.33. The van der Waals surface area contributed by atoms with Crippen LogP contribution in [0.15, 0.2) is 88.8 Å². The molecule has 1 saturated heterocycles. The molecule has 3 amide bonds. The number of aromatic nitrogens is 3. The van der Waals surface area contributed by atoms with E-state index >= 15 is 4.39 Å². The summed E-state index contributed by atoms with van der Waals surface area (Å²) in [6.45, 7) is 2.52. The minimum Gasteiger partial charge on any atom is -0.406 e. The molecular formula is C32H24F4N6O4S2. The zero-order valence-corrected chi connectivity index (χ0v) is 26.5. The van der Waals surface area contributed by atoms with Crippen LogP contribution in [0.1, 0.15) is 16.7 Å². The minimum absolute atomic E-state index is 0.0729. The van der Waals surface area contributed by atoms with Crippen molar-refractivity contribution < 1.29 is 36.6 Å². The topological polar surface area (TPSA) is 111 Å². The molecule has 0 atom stereocenters. The van der Waals surface area contributed by atoms with Gasteiger partial charge in [0.2, 0.25) is 5.91 Å². The molecule has 6 rings (SSSR count). The monoisotopic (exact) mass is 696 g/mol. The van der Waals surface area contributed by atoms with E-state index in [-0.39, 0.29) is 40.5 Å². The lowest BCUT2D eigenvalue weighted by Gasteiger charge is -2.20. The third-order valence-corrected chi connectivity index (χ3v) is 8.50. The number of nitrogens with one attached hydrogen (secondary N) is 1. The number of thiophene rings is 1. The van der Waals surface area contributed by atoms with E-state index in [0.29, 0.717) is 18.0 Å². The van der Waals surface area contributed by atoms with Gasteiger partial charge >= 0.3 is 12.4 Å². The van der Waals surface area contributed by atoms with Crippen molar-refractivity contribution in [2.24, 2.45) is 4.99 Å². The first kappa shape index (κ1) is 32.9. The van der Waals surface area contributed by atoms with Gasteiger partial charge in [0.15, 0.2) is 11.0 Å². The number of amidine groups is 1. The maximum Gasteiger partial charge on any atom is 0.573 e. The quantitative estimate of drug-likeness (QED) is 0.157. The van der Waals surface area contributed by atoms with Gasteiger partial charge in [0.05, 0.1) is 36.0 Å². The number of amides is 3. The molecule has 48 heavy (non-hydrogen) atoms. The van der Waals surface area contributed by atoms with Crippen molar-refractivity contribution in [2.75, 3.05) is 16.0 Å². The van der Waals surface area contributed by atoms with Crippen molar-refractivity contribution in [3.05, 3.63) is 106 Å². The second-order valence-corrected chi connectivity index (χ2v) is 12.1. The average molecular weight is 697 g/mol. The summed E-state index contributed by atoms with van der Waals surface area (Å²) in [5, 5.41) is 10.8. The van der Waals surface area contributed by atoms with E-state index in [0.717, 1.165) is 46.7 Å². The number of rotatable bonds is 9. The second kappa shape index (κ2) is 14.0. The molecule has 1 N–H and O–H groups in total. The Labute approximate surface area is 279 Å². The third-order valence-electron chi connectivity index (χ3n) is 6.85. The number of benzene rings is 3. The van der Waals surface area contributed by atoms with Crippen molar-refractivity contribution in [3.8, 4) is 22.8 Å². The van der Waals surface area contributed by atoms with E-state index in [1.807, 2.05) is 41.9 Å². The summed E-state index contributed by atoms with van der Waals surface area (Å²) in [4.78, 5) is 35.5. The van der Waals surface area contributed by atoms with Crippen molar-refractivity contribution in [3.63, 3.8) is 0 Å². The third kappa shape index (κ3) is 7.90. The molecule has 246 valence electrons. The van der Waals surface area contributed by atoms with Crippen LogP contribution in [0.5, 0.6) is 5.75 Å². The first-order chi connectivity index (χ1) is 23.0. The number of hydrogen-bond acceptors (Lipinski definition) is 8. The highest BCUT2D eigenvalue weighted by Crippen LogP contribution is 2.32. The number of anilines is 2. The minimum atomic E-state index is -4.81. The Hall–Kier alpha value is -5.06. The number of carbonyl (C=O) groups is 2. The van der Waals surface area contributed by atoms with Gasteiger partial charge in [-0.3, -0.25) is 9.69 Å². The summed E-state index contributed by atoms with van der Waals surface area (Å²) < 4.78 is 63.5. The molecule has 0 spiro atoms. The molecule has 0 saturated carbocycles. The number of ether oxygens (including phenoxy) is 2. The Morgan fingerprint density at radius 3 is 2.60 bits per heavy atom. The second-order valence-electron chi connectivity index (χ2n) is 10.3. The standard InChI is InChI=1S/C32H24F4N6O4S2/c1-19-2-3-22(15-45-14-20-10-11-47-16-20)27(12-19)42-28(43)17-48-31(42)39-30(44)38-26-9-4-21(13-25(26)33)29-37-18-41(40-29)23-5-7-24(8-6-23)46-32(34,35)36/h2-13,16,18H,14-15,17H2,1H3,(H,38,44)/b39-31-. The van der Waals surface area contributed by atoms with Crippen LogP contribution in [0.4, 0.5) is 33.7 Å². The zero-order chi connectivity index (χ0) is 33.8. The predicted molar refractivity (Wildman–Crippen MR) is 174 cm³/mol. The Morgan fingerprint density at radius 1 is 1.06 bits per heavy atom. The highest BCUT2D eigenvalue weighted by molar-refractivity contribution is 8.15. The van der Waals surface area contributed by atoms with Gasteiger partial charge < -0.3 is 14.8 Å². The van der Waals surface area contributed by atoms with Crippen LogP contribution in [0.3, 0.4) is 0 Å². The van der Waals surface area contributed by atoms with E-state index in [1.54, 1.807) is 11.3 Å². The average Bonchev–Trinajstić information content (AvgIpc) is 3.81. The largest absolute Gasteiger partial charge is 0.573 e. The Kier molecular flexibility index (Phi) is 9.56. The molecule has 1 fully saturated rings. The summed E-state index contributed by atoms with van der Waals surface area (Å²) >= 11 is 2.67. The molecule has 3 aromatic carbocycles. The molecule has 0 unspecified atom stereocenters. The van der Waals surface area contributed by atoms with Gasteiger partial charge in [-0.2, -0.15) is 16.3 Å². The molecular weight excluding hydrogens is 673 g/mol. The van der Waals surface area contributed by atoms with E-state index in [9.17, 15) is 22.8 Å². The number of nitrogens with zero attached hydrogens (tertiary/aromatic N) is 5. The van der Waals surface area contributed by atoms with Crippen molar-refractivity contribution in [1.29, 1.82) is 0 Å². The number of aliphatic imine (C=N–C) groups is 1. The number of halogens is 4. The number of alkyl halides is 3. The first-order valence-corrected chi connectivity index (χ1v) is 16.1. The van der Waals surface area contributed by atoms with Crippen LogP contribution in [-0.2, 0) is 22.7 Å². The van der Waals surface area contributed by atoms with E-state index in [4.69, 9.17) is 4.74 Å². The number of thioether (sulfide) groups is 1. The van der Waals surface area contributed by atoms with E-state index in [2.05, 4.69) is 25.1 Å². The molecule has 0 bridgehead atoms. The zero-order valence-electron chi connectivity index (χ0n) is 24.9. The maximum atomic E-state index is 15.1. The van der Waals surface area contributed by atoms with Gasteiger partial charge in [0.25, 0.3) is 0 Å². The molecule has 10 nitrogen and oxygen atoms in total. The van der Waals surface area contributed by atoms with Crippen molar-refractivity contribution in [2.45, 2.75) is 26.5 Å². The van der Waals surface area contributed by atoms with Gasteiger partial charge in [0, 0.05) is 11.1 Å². The highest BCUT2D eigenvalue weighted by atomic mass is 32.2. The Balaban J connectivity index is 1.14. The smallest absolute Gasteiger partial charge is 0.406 e. The summed E-state index contributed by atoms with van der Waals surface area (Å²) in [5.74, 6) is -1.24. The van der Waals surface area contributed by atoms with Crippen LogP contribution in [0.2, 0.25) is 0 Å². The maximum absolute atomic E-state index is 15.1. The molecule has 3 heterocycles.